The number of nitrogens with zero attached hydrogens (tertiary/aromatic N) is 3. The molecule has 0 aliphatic heterocycles. The van der Waals surface area contributed by atoms with E-state index in [-0.39, 0.29) is 5.75 Å². The van der Waals surface area contributed by atoms with Crippen molar-refractivity contribution in [3.05, 3.63) is 28.3 Å². The number of ether oxygens (including phenoxy) is 2. The molecule has 0 atom stereocenters. The molecule has 0 spiro atoms. The number of aromatic nitrogens is 3. The number of methoxy groups -OCH3 is 2. The van der Waals surface area contributed by atoms with Crippen LogP contribution >= 0.6 is 12.2 Å². The highest BCUT2D eigenvalue weighted by Gasteiger charge is 2.10. The van der Waals surface area contributed by atoms with E-state index in [1.807, 2.05) is 6.92 Å². The van der Waals surface area contributed by atoms with Crippen molar-refractivity contribution in [2.75, 3.05) is 14.2 Å². The SMILES string of the molecule is CCc1n[nH]c(=S)n1/N=C/c1cc(OC)c(O)c(OC)c1. The van der Waals surface area contributed by atoms with Crippen molar-refractivity contribution < 1.29 is 14.6 Å². The lowest BCUT2D eigenvalue weighted by Gasteiger charge is -2.09. The van der Waals surface area contributed by atoms with Crippen LogP contribution in [0.25, 0.3) is 0 Å². The highest BCUT2D eigenvalue weighted by atomic mass is 32.1. The molecule has 1 aromatic carbocycles. The second-order valence-corrected chi connectivity index (χ2v) is 4.52. The minimum absolute atomic E-state index is 0.0497. The molecule has 112 valence electrons. The van der Waals surface area contributed by atoms with Gasteiger partial charge in [0.25, 0.3) is 0 Å². The van der Waals surface area contributed by atoms with E-state index in [0.717, 1.165) is 5.82 Å². The second kappa shape index (κ2) is 6.40. The first kappa shape index (κ1) is 15.0. The summed E-state index contributed by atoms with van der Waals surface area (Å²) in [5.74, 6) is 1.30. The van der Waals surface area contributed by atoms with E-state index in [9.17, 15) is 5.11 Å². The van der Waals surface area contributed by atoms with Crippen molar-refractivity contribution in [3.63, 3.8) is 0 Å². The lowest BCUT2D eigenvalue weighted by Crippen LogP contribution is -1.98. The summed E-state index contributed by atoms with van der Waals surface area (Å²) in [6.07, 6.45) is 2.29. The fourth-order valence-corrected chi connectivity index (χ4v) is 1.98. The van der Waals surface area contributed by atoms with Crippen LogP contribution in [0.15, 0.2) is 17.2 Å². The Hall–Kier alpha value is -2.35. The lowest BCUT2D eigenvalue weighted by atomic mass is 10.2. The van der Waals surface area contributed by atoms with Gasteiger partial charge >= 0.3 is 0 Å². The Kier molecular flexibility index (Phi) is 4.59. The van der Waals surface area contributed by atoms with Crippen LogP contribution in [-0.2, 0) is 6.42 Å². The van der Waals surface area contributed by atoms with Crippen LogP contribution in [0.2, 0.25) is 0 Å². The Morgan fingerprint density at radius 1 is 1.38 bits per heavy atom. The Bertz CT molecular complexity index is 695. The van der Waals surface area contributed by atoms with Crippen LogP contribution in [0.3, 0.4) is 0 Å². The van der Waals surface area contributed by atoms with Crippen molar-refractivity contribution in [2.24, 2.45) is 5.10 Å². The Morgan fingerprint density at radius 3 is 2.52 bits per heavy atom. The summed E-state index contributed by atoms with van der Waals surface area (Å²) >= 11 is 5.11. The quantitative estimate of drug-likeness (QED) is 0.653. The monoisotopic (exact) mass is 308 g/mol. The molecule has 0 aliphatic rings. The van der Waals surface area contributed by atoms with Crippen molar-refractivity contribution in [2.45, 2.75) is 13.3 Å². The molecule has 0 fully saturated rings. The third kappa shape index (κ3) is 3.05. The van der Waals surface area contributed by atoms with Gasteiger partial charge in [-0.15, -0.1) is 0 Å². The van der Waals surface area contributed by atoms with E-state index in [1.165, 1.54) is 14.2 Å². The largest absolute Gasteiger partial charge is 0.502 e. The van der Waals surface area contributed by atoms with Gasteiger partial charge in [-0.25, -0.2) is 0 Å². The van der Waals surface area contributed by atoms with E-state index < -0.39 is 0 Å². The smallest absolute Gasteiger partial charge is 0.216 e. The van der Waals surface area contributed by atoms with Crippen LogP contribution < -0.4 is 9.47 Å². The number of rotatable bonds is 5. The number of benzene rings is 1. The number of hydrogen-bond acceptors (Lipinski definition) is 6. The average Bonchev–Trinajstić information content (AvgIpc) is 2.86. The van der Waals surface area contributed by atoms with Crippen LogP contribution in [0.4, 0.5) is 0 Å². The first-order valence-electron chi connectivity index (χ1n) is 6.26. The second-order valence-electron chi connectivity index (χ2n) is 4.13. The molecule has 0 bridgehead atoms. The summed E-state index contributed by atoms with van der Waals surface area (Å²) in [5.41, 5.74) is 0.701. The van der Waals surface area contributed by atoms with Crippen molar-refractivity contribution in [1.82, 2.24) is 14.9 Å². The maximum atomic E-state index is 9.86. The molecule has 8 heteroatoms. The van der Waals surface area contributed by atoms with Crippen LogP contribution in [-0.4, -0.2) is 40.4 Å². The number of nitrogens with one attached hydrogen (secondary N) is 1. The van der Waals surface area contributed by atoms with Crippen molar-refractivity contribution >= 4 is 18.4 Å². The standard InChI is InChI=1S/C13H16N4O3S/c1-4-11-15-16-13(21)17(11)14-7-8-5-9(19-2)12(18)10(6-8)20-3/h5-7,18H,4H2,1-3H3,(H,16,21)/b14-7+. The number of H-pyrrole nitrogens is 1. The maximum absolute atomic E-state index is 9.86. The van der Waals surface area contributed by atoms with Gasteiger partial charge in [0.1, 0.15) is 0 Å². The van der Waals surface area contributed by atoms with Crippen LogP contribution in [0, 0.1) is 4.77 Å². The zero-order valence-electron chi connectivity index (χ0n) is 12.0. The lowest BCUT2D eigenvalue weighted by molar-refractivity contribution is 0.340. The first-order chi connectivity index (χ1) is 10.1. The summed E-state index contributed by atoms with van der Waals surface area (Å²) < 4.78 is 12.2. The number of aromatic hydroxyl groups is 1. The number of aromatic amines is 1. The molecule has 0 unspecified atom stereocenters. The zero-order chi connectivity index (χ0) is 15.4. The molecular weight excluding hydrogens is 292 g/mol. The molecule has 0 saturated carbocycles. The molecule has 2 N–H and O–H groups in total. The molecule has 1 aromatic heterocycles. The van der Waals surface area contributed by atoms with Gasteiger partial charge < -0.3 is 14.6 Å². The molecule has 7 nitrogen and oxygen atoms in total. The van der Waals surface area contributed by atoms with Crippen molar-refractivity contribution in [3.8, 4) is 17.2 Å². The minimum Gasteiger partial charge on any atom is -0.502 e. The highest BCUT2D eigenvalue weighted by molar-refractivity contribution is 7.71. The molecular formula is C13H16N4O3S. The van der Waals surface area contributed by atoms with Gasteiger partial charge in [-0.2, -0.15) is 14.9 Å². The van der Waals surface area contributed by atoms with Gasteiger partial charge in [0.15, 0.2) is 17.3 Å². The molecule has 21 heavy (non-hydrogen) atoms. The molecule has 1 heterocycles. The van der Waals surface area contributed by atoms with E-state index in [1.54, 1.807) is 23.0 Å². The Morgan fingerprint density at radius 2 is 2.00 bits per heavy atom. The minimum atomic E-state index is -0.0497. The predicted molar refractivity (Wildman–Crippen MR) is 81.0 cm³/mol. The third-order valence-electron chi connectivity index (χ3n) is 2.86. The summed E-state index contributed by atoms with van der Waals surface area (Å²) in [5, 5.41) is 20.9. The van der Waals surface area contributed by atoms with Crippen LogP contribution in [0.5, 0.6) is 17.2 Å². The highest BCUT2D eigenvalue weighted by Crippen LogP contribution is 2.36. The number of aryl methyl sites for hydroxylation is 1. The van der Waals surface area contributed by atoms with Gasteiger partial charge in [0.2, 0.25) is 10.5 Å². The van der Waals surface area contributed by atoms with E-state index in [2.05, 4.69) is 15.3 Å². The number of phenolic OH excluding ortho intramolecular Hbond substituents is 1. The third-order valence-corrected chi connectivity index (χ3v) is 3.12. The topological polar surface area (TPSA) is 84.7 Å². The summed E-state index contributed by atoms with van der Waals surface area (Å²) in [7, 11) is 2.94. The fraction of sp³-hybridized carbons (Fsp3) is 0.308. The van der Waals surface area contributed by atoms with Gasteiger partial charge in [0.05, 0.1) is 20.4 Å². The molecule has 0 amide bonds. The van der Waals surface area contributed by atoms with Crippen molar-refractivity contribution in [1.29, 1.82) is 0 Å². The Balaban J connectivity index is 2.41. The zero-order valence-corrected chi connectivity index (χ0v) is 12.8. The Labute approximate surface area is 126 Å². The molecule has 0 radical (unpaired) electrons. The number of hydrogen-bond donors (Lipinski definition) is 2. The van der Waals surface area contributed by atoms with E-state index in [4.69, 9.17) is 21.7 Å². The van der Waals surface area contributed by atoms with Gasteiger partial charge in [-0.05, 0) is 24.4 Å². The van der Waals surface area contributed by atoms with Crippen LogP contribution in [0.1, 0.15) is 18.3 Å². The molecule has 2 aromatic rings. The molecule has 0 aliphatic carbocycles. The first-order valence-corrected chi connectivity index (χ1v) is 6.67. The van der Waals surface area contributed by atoms with Gasteiger partial charge in [0, 0.05) is 12.0 Å². The van der Waals surface area contributed by atoms with E-state index in [0.29, 0.717) is 28.3 Å². The van der Waals surface area contributed by atoms with Gasteiger partial charge in [-0.1, -0.05) is 6.92 Å². The summed E-state index contributed by atoms with van der Waals surface area (Å²) in [6, 6.07) is 3.30. The predicted octanol–water partition coefficient (Wildman–Crippen LogP) is 2.11. The number of phenols is 1. The van der Waals surface area contributed by atoms with Gasteiger partial charge in [-0.3, -0.25) is 5.10 Å². The fourth-order valence-electron chi connectivity index (χ4n) is 1.78. The normalized spacial score (nSPS) is 11.0. The molecule has 0 saturated heterocycles. The maximum Gasteiger partial charge on any atom is 0.216 e. The summed E-state index contributed by atoms with van der Waals surface area (Å²) in [6.45, 7) is 1.96. The van der Waals surface area contributed by atoms with E-state index >= 15 is 0 Å². The average molecular weight is 308 g/mol. The molecule has 2 rings (SSSR count). The summed E-state index contributed by atoms with van der Waals surface area (Å²) in [4.78, 5) is 0.